The Morgan fingerprint density at radius 2 is 2.08 bits per heavy atom. The molecule has 0 saturated heterocycles. The van der Waals surface area contributed by atoms with Gasteiger partial charge >= 0.3 is 0 Å². The van der Waals surface area contributed by atoms with Crippen LogP contribution in [-0.4, -0.2) is 5.78 Å². The normalized spacial score (nSPS) is 29.5. The molecule has 0 amide bonds. The van der Waals surface area contributed by atoms with Crippen LogP contribution in [0.25, 0.3) is 0 Å². The van der Waals surface area contributed by atoms with Crippen LogP contribution in [0.2, 0.25) is 0 Å². The van der Waals surface area contributed by atoms with Crippen LogP contribution in [0.1, 0.15) is 23.5 Å². The SMILES string of the molecule is O=C1C[C@H]2c3cc(F)ccc3C[C@@H]12. The molecule has 1 nitrogen and oxygen atoms in total. The minimum absolute atomic E-state index is 0.178. The van der Waals surface area contributed by atoms with Crippen molar-refractivity contribution < 1.29 is 9.18 Å². The van der Waals surface area contributed by atoms with Crippen LogP contribution < -0.4 is 0 Å². The van der Waals surface area contributed by atoms with Crippen LogP contribution >= 0.6 is 0 Å². The van der Waals surface area contributed by atoms with Crippen molar-refractivity contribution in [2.75, 3.05) is 0 Å². The summed E-state index contributed by atoms with van der Waals surface area (Å²) in [5.41, 5.74) is 2.24. The van der Waals surface area contributed by atoms with E-state index in [1.807, 2.05) is 6.07 Å². The second kappa shape index (κ2) is 2.19. The maximum Gasteiger partial charge on any atom is 0.137 e. The minimum atomic E-state index is -0.182. The van der Waals surface area contributed by atoms with E-state index < -0.39 is 0 Å². The molecule has 0 aromatic heterocycles. The van der Waals surface area contributed by atoms with Gasteiger partial charge in [-0.15, -0.1) is 0 Å². The number of fused-ring (bicyclic) bond motifs is 3. The lowest BCUT2D eigenvalue weighted by atomic mass is 9.73. The predicted molar refractivity (Wildman–Crippen MR) is 46.0 cm³/mol. The van der Waals surface area contributed by atoms with Crippen molar-refractivity contribution in [1.29, 1.82) is 0 Å². The third-order valence-electron chi connectivity index (χ3n) is 3.27. The largest absolute Gasteiger partial charge is 0.299 e. The summed E-state index contributed by atoms with van der Waals surface area (Å²) in [6, 6.07) is 4.89. The van der Waals surface area contributed by atoms with Crippen molar-refractivity contribution in [2.45, 2.75) is 18.8 Å². The first-order valence-corrected chi connectivity index (χ1v) is 4.57. The molecule has 0 spiro atoms. The van der Waals surface area contributed by atoms with Crippen LogP contribution in [0.15, 0.2) is 18.2 Å². The van der Waals surface area contributed by atoms with Crippen molar-refractivity contribution in [3.8, 4) is 0 Å². The lowest BCUT2D eigenvalue weighted by Gasteiger charge is -2.28. The molecule has 1 saturated carbocycles. The van der Waals surface area contributed by atoms with E-state index in [0.717, 1.165) is 12.0 Å². The highest BCUT2D eigenvalue weighted by atomic mass is 19.1. The van der Waals surface area contributed by atoms with Crippen LogP contribution in [0.3, 0.4) is 0 Å². The Bertz CT molecular complexity index is 397. The second-order valence-electron chi connectivity index (χ2n) is 3.93. The van der Waals surface area contributed by atoms with Gasteiger partial charge < -0.3 is 0 Å². The van der Waals surface area contributed by atoms with E-state index in [4.69, 9.17) is 0 Å². The molecular formula is C11H9FO. The zero-order valence-corrected chi connectivity index (χ0v) is 7.09. The van der Waals surface area contributed by atoms with Gasteiger partial charge in [0.25, 0.3) is 0 Å². The van der Waals surface area contributed by atoms with E-state index in [2.05, 4.69) is 0 Å². The van der Waals surface area contributed by atoms with Gasteiger partial charge in [-0.25, -0.2) is 4.39 Å². The standard InChI is InChI=1S/C11H9FO/c12-7-2-1-6-3-10-9(5-11(10)13)8(6)4-7/h1-2,4,9-10H,3,5H2/t9-,10+/m0/s1. The number of benzene rings is 1. The molecule has 0 heterocycles. The molecule has 0 unspecified atom stereocenters. The molecule has 66 valence electrons. The summed E-state index contributed by atoms with van der Waals surface area (Å²) in [6.07, 6.45) is 1.46. The van der Waals surface area contributed by atoms with Gasteiger partial charge in [0.05, 0.1) is 0 Å². The molecule has 0 aliphatic heterocycles. The van der Waals surface area contributed by atoms with Gasteiger partial charge in [0, 0.05) is 18.3 Å². The molecule has 2 heteroatoms. The molecule has 0 N–H and O–H groups in total. The van der Waals surface area contributed by atoms with Crippen LogP contribution in [-0.2, 0) is 11.2 Å². The number of hydrogen-bond donors (Lipinski definition) is 0. The van der Waals surface area contributed by atoms with Crippen molar-refractivity contribution in [1.82, 2.24) is 0 Å². The fourth-order valence-corrected chi connectivity index (χ4v) is 2.49. The fourth-order valence-electron chi connectivity index (χ4n) is 2.49. The van der Waals surface area contributed by atoms with Crippen LogP contribution in [0.4, 0.5) is 4.39 Å². The van der Waals surface area contributed by atoms with E-state index in [1.165, 1.54) is 11.6 Å². The van der Waals surface area contributed by atoms with Crippen LogP contribution in [0, 0.1) is 11.7 Å². The van der Waals surface area contributed by atoms with Crippen molar-refractivity contribution >= 4 is 5.78 Å². The third-order valence-corrected chi connectivity index (χ3v) is 3.27. The number of ketones is 1. The summed E-state index contributed by atoms with van der Waals surface area (Å²) in [4.78, 5) is 11.2. The smallest absolute Gasteiger partial charge is 0.137 e. The maximum atomic E-state index is 12.9. The Labute approximate surface area is 75.6 Å². The van der Waals surface area contributed by atoms with E-state index in [1.54, 1.807) is 6.07 Å². The molecule has 2 aliphatic carbocycles. The Morgan fingerprint density at radius 1 is 1.23 bits per heavy atom. The predicted octanol–water partition coefficient (Wildman–Crippen LogP) is 2.05. The van der Waals surface area contributed by atoms with E-state index >= 15 is 0 Å². The maximum absolute atomic E-state index is 12.9. The molecule has 1 fully saturated rings. The minimum Gasteiger partial charge on any atom is -0.299 e. The highest BCUT2D eigenvalue weighted by Gasteiger charge is 2.45. The summed E-state index contributed by atoms with van der Waals surface area (Å²) < 4.78 is 12.9. The van der Waals surface area contributed by atoms with Gasteiger partial charge in [-0.2, -0.15) is 0 Å². The summed E-state index contributed by atoms with van der Waals surface area (Å²) in [5.74, 6) is 0.676. The summed E-state index contributed by atoms with van der Waals surface area (Å²) in [6.45, 7) is 0. The van der Waals surface area contributed by atoms with Gasteiger partial charge in [0.2, 0.25) is 0 Å². The summed E-state index contributed by atoms with van der Waals surface area (Å²) in [7, 11) is 0. The number of carbonyl (C=O) groups is 1. The van der Waals surface area contributed by atoms with Crippen molar-refractivity contribution in [3.63, 3.8) is 0 Å². The Balaban J connectivity index is 2.09. The first-order valence-electron chi connectivity index (χ1n) is 4.57. The lowest BCUT2D eigenvalue weighted by Crippen LogP contribution is -2.32. The average molecular weight is 176 g/mol. The van der Waals surface area contributed by atoms with Gasteiger partial charge in [-0.3, -0.25) is 4.79 Å². The average Bonchev–Trinajstić information content (AvgIpc) is 2.39. The van der Waals surface area contributed by atoms with Gasteiger partial charge in [-0.1, -0.05) is 6.07 Å². The molecule has 13 heavy (non-hydrogen) atoms. The molecule has 1 aromatic carbocycles. The molecule has 1 aromatic rings. The van der Waals surface area contributed by atoms with E-state index in [0.29, 0.717) is 18.1 Å². The van der Waals surface area contributed by atoms with Crippen molar-refractivity contribution in [2.24, 2.45) is 5.92 Å². The van der Waals surface area contributed by atoms with E-state index in [-0.39, 0.29) is 11.7 Å². The number of rotatable bonds is 0. The molecular weight excluding hydrogens is 167 g/mol. The highest BCUT2D eigenvalue weighted by molar-refractivity contribution is 5.91. The lowest BCUT2D eigenvalue weighted by molar-refractivity contribution is -0.130. The second-order valence-corrected chi connectivity index (χ2v) is 3.93. The molecule has 0 radical (unpaired) electrons. The number of carbonyl (C=O) groups excluding carboxylic acids is 1. The molecule has 0 bridgehead atoms. The number of halogens is 1. The first kappa shape index (κ1) is 7.25. The Hall–Kier alpha value is -1.18. The molecule has 2 atom stereocenters. The Kier molecular flexibility index (Phi) is 1.22. The molecule has 2 aliphatic rings. The van der Waals surface area contributed by atoms with Crippen LogP contribution in [0.5, 0.6) is 0 Å². The van der Waals surface area contributed by atoms with Crippen molar-refractivity contribution in [3.05, 3.63) is 35.1 Å². The summed E-state index contributed by atoms with van der Waals surface area (Å²) in [5, 5.41) is 0. The fraction of sp³-hybridized carbons (Fsp3) is 0.364. The quantitative estimate of drug-likeness (QED) is 0.591. The number of hydrogen-bond acceptors (Lipinski definition) is 1. The number of Topliss-reactive ketones (excluding diaryl/α,β-unsaturated/α-hetero) is 1. The third kappa shape index (κ3) is 0.831. The summed E-state index contributed by atoms with van der Waals surface area (Å²) >= 11 is 0. The van der Waals surface area contributed by atoms with Gasteiger partial charge in [-0.05, 0) is 29.7 Å². The van der Waals surface area contributed by atoms with Gasteiger partial charge in [0.1, 0.15) is 11.6 Å². The first-order chi connectivity index (χ1) is 6.25. The topological polar surface area (TPSA) is 17.1 Å². The molecule has 3 rings (SSSR count). The Morgan fingerprint density at radius 3 is 2.85 bits per heavy atom. The van der Waals surface area contributed by atoms with E-state index in [9.17, 15) is 9.18 Å². The monoisotopic (exact) mass is 176 g/mol. The van der Waals surface area contributed by atoms with Gasteiger partial charge in [0.15, 0.2) is 0 Å². The zero-order chi connectivity index (χ0) is 9.00. The highest BCUT2D eigenvalue weighted by Crippen LogP contribution is 2.48. The zero-order valence-electron chi connectivity index (χ0n) is 7.09.